The van der Waals surface area contributed by atoms with Gasteiger partial charge >= 0.3 is 0 Å². The van der Waals surface area contributed by atoms with Crippen molar-refractivity contribution in [3.63, 3.8) is 0 Å². The Hall–Kier alpha value is -1.40. The number of aromatic nitrogens is 2. The third kappa shape index (κ3) is 3.81. The maximum absolute atomic E-state index is 5.81. The molecule has 1 unspecified atom stereocenters. The minimum Gasteiger partial charge on any atom is -0.368 e. The fourth-order valence-electron chi connectivity index (χ4n) is 4.06. The van der Waals surface area contributed by atoms with Gasteiger partial charge in [0.25, 0.3) is 0 Å². The van der Waals surface area contributed by atoms with E-state index in [-0.39, 0.29) is 0 Å². The Morgan fingerprint density at radius 3 is 2.46 bits per heavy atom. The van der Waals surface area contributed by atoms with Crippen LogP contribution in [0.4, 0.5) is 11.8 Å². The van der Waals surface area contributed by atoms with Crippen molar-refractivity contribution >= 4 is 11.8 Å². The van der Waals surface area contributed by atoms with Crippen LogP contribution in [-0.2, 0) is 6.42 Å². The van der Waals surface area contributed by atoms with Crippen molar-refractivity contribution in [2.45, 2.75) is 39.2 Å². The lowest BCUT2D eigenvalue weighted by molar-refractivity contribution is 0.0813. The molecular weight excluding hydrogens is 300 g/mol. The molecule has 0 aromatic carbocycles. The van der Waals surface area contributed by atoms with Gasteiger partial charge in [-0.1, -0.05) is 6.92 Å². The lowest BCUT2D eigenvalue weighted by atomic mass is 9.89. The summed E-state index contributed by atoms with van der Waals surface area (Å²) in [5.41, 5.74) is 7.02. The standard InChI is InChI=1S/C18H32N6/c1-4-15-13-20-18(19)21-17(15)24-7-5-16(6-8-24)14(2)23-11-9-22(3)10-12-23/h13-14,16H,4-12H2,1-3H3,(H2,19,20,21). The number of nitrogens with two attached hydrogens (primary N) is 1. The number of likely N-dealkylation sites (N-methyl/N-ethyl adjacent to an activating group) is 1. The normalized spacial score (nSPS) is 22.7. The molecule has 1 atom stereocenters. The lowest BCUT2D eigenvalue weighted by Gasteiger charge is -2.43. The summed E-state index contributed by atoms with van der Waals surface area (Å²) in [6, 6.07) is 0.682. The second-order valence-corrected chi connectivity index (χ2v) is 7.33. The molecule has 0 bridgehead atoms. The zero-order valence-corrected chi connectivity index (χ0v) is 15.4. The van der Waals surface area contributed by atoms with Gasteiger partial charge in [-0.25, -0.2) is 4.98 Å². The molecule has 1 aromatic rings. The van der Waals surface area contributed by atoms with Gasteiger partial charge in [-0.15, -0.1) is 0 Å². The van der Waals surface area contributed by atoms with Gasteiger partial charge in [-0.05, 0) is 39.2 Å². The van der Waals surface area contributed by atoms with Gasteiger partial charge in [-0.2, -0.15) is 4.98 Å². The molecule has 3 heterocycles. The zero-order valence-electron chi connectivity index (χ0n) is 15.4. The largest absolute Gasteiger partial charge is 0.368 e. The summed E-state index contributed by atoms with van der Waals surface area (Å²) in [5, 5.41) is 0. The fraction of sp³-hybridized carbons (Fsp3) is 0.778. The number of piperidine rings is 1. The molecule has 0 amide bonds. The number of aryl methyl sites for hydroxylation is 1. The van der Waals surface area contributed by atoms with E-state index in [1.165, 1.54) is 44.6 Å². The molecule has 0 radical (unpaired) electrons. The Morgan fingerprint density at radius 2 is 1.83 bits per heavy atom. The van der Waals surface area contributed by atoms with Crippen molar-refractivity contribution in [2.75, 3.05) is 56.9 Å². The molecular formula is C18H32N6. The van der Waals surface area contributed by atoms with E-state index < -0.39 is 0 Å². The zero-order chi connectivity index (χ0) is 17.1. The maximum atomic E-state index is 5.81. The SMILES string of the molecule is CCc1cnc(N)nc1N1CCC(C(C)N2CCN(C)CC2)CC1. The highest BCUT2D eigenvalue weighted by molar-refractivity contribution is 5.49. The van der Waals surface area contributed by atoms with Crippen molar-refractivity contribution in [1.29, 1.82) is 0 Å². The number of anilines is 2. The van der Waals surface area contributed by atoms with E-state index in [1.54, 1.807) is 0 Å². The second kappa shape index (κ2) is 7.66. The number of nitrogen functional groups attached to an aromatic ring is 1. The Bertz CT molecular complexity index is 532. The van der Waals surface area contributed by atoms with Crippen LogP contribution in [0.1, 0.15) is 32.3 Å². The molecule has 2 aliphatic rings. The van der Waals surface area contributed by atoms with E-state index in [9.17, 15) is 0 Å². The summed E-state index contributed by atoms with van der Waals surface area (Å²) in [6.45, 7) is 11.5. The van der Waals surface area contributed by atoms with Gasteiger partial charge in [0.05, 0.1) is 0 Å². The van der Waals surface area contributed by atoms with Crippen LogP contribution >= 0.6 is 0 Å². The highest BCUT2D eigenvalue weighted by Gasteiger charge is 2.30. The summed E-state index contributed by atoms with van der Waals surface area (Å²) in [7, 11) is 2.22. The number of piperazine rings is 1. The highest BCUT2D eigenvalue weighted by Crippen LogP contribution is 2.29. The molecule has 0 aliphatic carbocycles. The average Bonchev–Trinajstić information content (AvgIpc) is 2.62. The van der Waals surface area contributed by atoms with Crippen LogP contribution in [0.2, 0.25) is 0 Å². The topological polar surface area (TPSA) is 61.5 Å². The molecule has 0 spiro atoms. The molecule has 24 heavy (non-hydrogen) atoms. The summed E-state index contributed by atoms with van der Waals surface area (Å²) < 4.78 is 0. The highest BCUT2D eigenvalue weighted by atomic mass is 15.3. The average molecular weight is 332 g/mol. The van der Waals surface area contributed by atoms with Crippen LogP contribution in [0.5, 0.6) is 0 Å². The first-order valence-corrected chi connectivity index (χ1v) is 9.37. The minimum absolute atomic E-state index is 0.384. The monoisotopic (exact) mass is 332 g/mol. The molecule has 1 aromatic heterocycles. The first-order chi connectivity index (χ1) is 11.6. The molecule has 2 N–H and O–H groups in total. The van der Waals surface area contributed by atoms with Gasteiger partial charge < -0.3 is 15.5 Å². The number of hydrogen-bond acceptors (Lipinski definition) is 6. The second-order valence-electron chi connectivity index (χ2n) is 7.33. The van der Waals surface area contributed by atoms with Crippen molar-refractivity contribution in [3.05, 3.63) is 11.8 Å². The maximum Gasteiger partial charge on any atom is 0.221 e. The third-order valence-electron chi connectivity index (χ3n) is 5.88. The van der Waals surface area contributed by atoms with Crippen LogP contribution in [0.25, 0.3) is 0 Å². The summed E-state index contributed by atoms with van der Waals surface area (Å²) in [4.78, 5) is 16.2. The predicted molar refractivity (Wildman–Crippen MR) is 99.3 cm³/mol. The van der Waals surface area contributed by atoms with E-state index in [0.717, 1.165) is 31.2 Å². The van der Waals surface area contributed by atoms with E-state index in [0.29, 0.717) is 12.0 Å². The van der Waals surface area contributed by atoms with Crippen LogP contribution in [0.15, 0.2) is 6.20 Å². The summed E-state index contributed by atoms with van der Waals surface area (Å²) in [5.74, 6) is 2.22. The van der Waals surface area contributed by atoms with E-state index in [2.05, 4.69) is 45.6 Å². The molecule has 2 aliphatic heterocycles. The van der Waals surface area contributed by atoms with Crippen molar-refractivity contribution in [2.24, 2.45) is 5.92 Å². The Labute approximate surface area is 146 Å². The third-order valence-corrected chi connectivity index (χ3v) is 5.88. The molecule has 0 saturated carbocycles. The van der Waals surface area contributed by atoms with Crippen LogP contribution < -0.4 is 10.6 Å². The number of rotatable bonds is 4. The first kappa shape index (κ1) is 17.4. The number of nitrogens with zero attached hydrogens (tertiary/aromatic N) is 5. The Kier molecular flexibility index (Phi) is 5.56. The summed E-state index contributed by atoms with van der Waals surface area (Å²) in [6.07, 6.45) is 5.31. The van der Waals surface area contributed by atoms with E-state index >= 15 is 0 Å². The van der Waals surface area contributed by atoms with Crippen molar-refractivity contribution in [1.82, 2.24) is 19.8 Å². The van der Waals surface area contributed by atoms with Crippen LogP contribution in [0.3, 0.4) is 0 Å². The molecule has 3 rings (SSSR count). The molecule has 6 nitrogen and oxygen atoms in total. The quantitative estimate of drug-likeness (QED) is 0.901. The van der Waals surface area contributed by atoms with E-state index in [4.69, 9.17) is 5.73 Å². The smallest absolute Gasteiger partial charge is 0.221 e. The lowest BCUT2D eigenvalue weighted by Crippen LogP contribution is -2.51. The van der Waals surface area contributed by atoms with Gasteiger partial charge in [-0.3, -0.25) is 4.90 Å². The molecule has 134 valence electrons. The summed E-state index contributed by atoms with van der Waals surface area (Å²) >= 11 is 0. The number of hydrogen-bond donors (Lipinski definition) is 1. The van der Waals surface area contributed by atoms with Crippen LogP contribution in [-0.4, -0.2) is 72.1 Å². The first-order valence-electron chi connectivity index (χ1n) is 9.37. The van der Waals surface area contributed by atoms with Gasteiger partial charge in [0.15, 0.2) is 0 Å². The van der Waals surface area contributed by atoms with Crippen LogP contribution in [0, 0.1) is 5.92 Å². The van der Waals surface area contributed by atoms with Crippen molar-refractivity contribution < 1.29 is 0 Å². The van der Waals surface area contributed by atoms with Crippen molar-refractivity contribution in [3.8, 4) is 0 Å². The van der Waals surface area contributed by atoms with Gasteiger partial charge in [0.1, 0.15) is 5.82 Å². The Morgan fingerprint density at radius 1 is 1.17 bits per heavy atom. The van der Waals surface area contributed by atoms with Gasteiger partial charge in [0, 0.05) is 57.1 Å². The minimum atomic E-state index is 0.384. The van der Waals surface area contributed by atoms with E-state index in [1.807, 2.05) is 6.20 Å². The van der Waals surface area contributed by atoms with Gasteiger partial charge in [0.2, 0.25) is 5.95 Å². The molecule has 2 saturated heterocycles. The fourth-order valence-corrected chi connectivity index (χ4v) is 4.06. The Balaban J connectivity index is 1.58. The predicted octanol–water partition coefficient (Wildman–Crippen LogP) is 1.47. The molecule has 6 heteroatoms. The molecule has 2 fully saturated rings.